The zero-order valence-corrected chi connectivity index (χ0v) is 11.8. The fourth-order valence-electron chi connectivity index (χ4n) is 2.29. The highest BCUT2D eigenvalue weighted by molar-refractivity contribution is 7.07. The number of thiophene rings is 1. The van der Waals surface area contributed by atoms with Gasteiger partial charge in [0.1, 0.15) is 5.75 Å². The van der Waals surface area contributed by atoms with Crippen molar-refractivity contribution in [2.75, 3.05) is 17.7 Å². The molecule has 3 rings (SSSR count). The number of nitrogens with two attached hydrogens (primary N) is 1. The largest absolute Gasteiger partial charge is 0.497 e. The Morgan fingerprint density at radius 1 is 1.37 bits per heavy atom. The molecule has 100 valence electrons. The van der Waals surface area contributed by atoms with E-state index >= 15 is 0 Å². The van der Waals surface area contributed by atoms with Crippen LogP contribution in [-0.4, -0.2) is 13.2 Å². The second-order valence-electron chi connectivity index (χ2n) is 4.96. The molecule has 0 spiro atoms. The van der Waals surface area contributed by atoms with Crippen LogP contribution in [0.2, 0.25) is 0 Å². The van der Waals surface area contributed by atoms with E-state index < -0.39 is 0 Å². The normalized spacial score (nSPS) is 14.4. The molecule has 19 heavy (non-hydrogen) atoms. The average Bonchev–Trinajstić information content (AvgIpc) is 3.12. The minimum Gasteiger partial charge on any atom is -0.497 e. The molecule has 2 N–H and O–H groups in total. The molecule has 1 aliphatic rings. The second-order valence-corrected chi connectivity index (χ2v) is 5.74. The van der Waals surface area contributed by atoms with E-state index in [0.717, 1.165) is 23.7 Å². The van der Waals surface area contributed by atoms with Crippen LogP contribution < -0.4 is 15.4 Å². The van der Waals surface area contributed by atoms with Crippen LogP contribution in [0.3, 0.4) is 0 Å². The van der Waals surface area contributed by atoms with Crippen LogP contribution in [0.25, 0.3) is 0 Å². The summed E-state index contributed by atoms with van der Waals surface area (Å²) in [6, 6.07) is 8.79. The summed E-state index contributed by atoms with van der Waals surface area (Å²) in [5.74, 6) is 0.825. The molecule has 1 heterocycles. The van der Waals surface area contributed by atoms with Crippen LogP contribution >= 0.6 is 11.3 Å². The number of rotatable bonds is 5. The van der Waals surface area contributed by atoms with Gasteiger partial charge in [0.05, 0.1) is 7.11 Å². The molecule has 4 heteroatoms. The van der Waals surface area contributed by atoms with Crippen LogP contribution in [-0.2, 0) is 6.54 Å². The lowest BCUT2D eigenvalue weighted by molar-refractivity contribution is 0.415. The number of hydrogen-bond acceptors (Lipinski definition) is 4. The molecule has 1 saturated carbocycles. The van der Waals surface area contributed by atoms with E-state index in [1.807, 2.05) is 12.1 Å². The third-order valence-corrected chi connectivity index (χ3v) is 4.13. The Hall–Kier alpha value is -1.68. The molecule has 0 amide bonds. The Labute approximate surface area is 117 Å². The molecular weight excluding hydrogens is 256 g/mol. The summed E-state index contributed by atoms with van der Waals surface area (Å²) in [5.41, 5.74) is 9.23. The number of hydrogen-bond donors (Lipinski definition) is 1. The van der Waals surface area contributed by atoms with Crippen molar-refractivity contribution < 1.29 is 4.74 Å². The van der Waals surface area contributed by atoms with Crippen LogP contribution in [0.15, 0.2) is 35.0 Å². The van der Waals surface area contributed by atoms with Gasteiger partial charge in [0.2, 0.25) is 0 Å². The molecule has 1 aliphatic carbocycles. The van der Waals surface area contributed by atoms with E-state index in [9.17, 15) is 0 Å². The van der Waals surface area contributed by atoms with E-state index in [1.165, 1.54) is 18.4 Å². The minimum absolute atomic E-state index is 0.645. The van der Waals surface area contributed by atoms with Crippen LogP contribution in [0, 0.1) is 0 Å². The first kappa shape index (κ1) is 12.4. The first-order valence-corrected chi connectivity index (χ1v) is 7.43. The molecule has 2 aromatic rings. The van der Waals surface area contributed by atoms with Gasteiger partial charge in [0, 0.05) is 36.1 Å². The maximum Gasteiger partial charge on any atom is 0.122 e. The SMILES string of the molecule is COc1cc(N)cc(N(Cc2ccsc2)C2CC2)c1. The lowest BCUT2D eigenvalue weighted by Gasteiger charge is -2.25. The molecule has 3 nitrogen and oxygen atoms in total. The van der Waals surface area contributed by atoms with Crippen molar-refractivity contribution in [3.63, 3.8) is 0 Å². The lowest BCUT2D eigenvalue weighted by Crippen LogP contribution is -2.24. The van der Waals surface area contributed by atoms with Crippen LogP contribution in [0.4, 0.5) is 11.4 Å². The fraction of sp³-hybridized carbons (Fsp3) is 0.333. The molecule has 0 atom stereocenters. The first-order valence-electron chi connectivity index (χ1n) is 6.48. The molecule has 0 saturated heterocycles. The van der Waals surface area contributed by atoms with Gasteiger partial charge in [0.25, 0.3) is 0 Å². The second kappa shape index (κ2) is 5.13. The summed E-state index contributed by atoms with van der Waals surface area (Å²) >= 11 is 1.74. The average molecular weight is 274 g/mol. The highest BCUT2D eigenvalue weighted by atomic mass is 32.1. The topological polar surface area (TPSA) is 38.5 Å². The zero-order chi connectivity index (χ0) is 13.2. The highest BCUT2D eigenvalue weighted by Crippen LogP contribution is 2.36. The first-order chi connectivity index (χ1) is 9.26. The third kappa shape index (κ3) is 2.84. The molecule has 0 radical (unpaired) electrons. The van der Waals surface area contributed by atoms with Crippen molar-refractivity contribution in [1.29, 1.82) is 0 Å². The number of ether oxygens (including phenoxy) is 1. The fourth-order valence-corrected chi connectivity index (χ4v) is 2.95. The van der Waals surface area contributed by atoms with Crippen molar-refractivity contribution >= 4 is 22.7 Å². The monoisotopic (exact) mass is 274 g/mol. The van der Waals surface area contributed by atoms with Crippen LogP contribution in [0.5, 0.6) is 5.75 Å². The van der Waals surface area contributed by atoms with E-state index in [-0.39, 0.29) is 0 Å². The summed E-state index contributed by atoms with van der Waals surface area (Å²) in [4.78, 5) is 2.43. The number of nitrogens with zero attached hydrogens (tertiary/aromatic N) is 1. The van der Waals surface area contributed by atoms with Gasteiger partial charge in [0.15, 0.2) is 0 Å². The molecular formula is C15H18N2OS. The Morgan fingerprint density at radius 3 is 2.84 bits per heavy atom. The Bertz CT molecular complexity index is 549. The Balaban J connectivity index is 1.89. The molecule has 1 aromatic heterocycles. The van der Waals surface area contributed by atoms with Gasteiger partial charge in [-0.25, -0.2) is 0 Å². The maximum atomic E-state index is 5.96. The van der Waals surface area contributed by atoms with Gasteiger partial charge in [-0.3, -0.25) is 0 Å². The number of nitrogen functional groups attached to an aromatic ring is 1. The highest BCUT2D eigenvalue weighted by Gasteiger charge is 2.29. The predicted molar refractivity (Wildman–Crippen MR) is 80.9 cm³/mol. The minimum atomic E-state index is 0.645. The predicted octanol–water partition coefficient (Wildman–Crippen LogP) is 3.51. The van der Waals surface area contributed by atoms with E-state index in [4.69, 9.17) is 10.5 Å². The van der Waals surface area contributed by atoms with E-state index in [2.05, 4.69) is 27.8 Å². The van der Waals surface area contributed by atoms with Gasteiger partial charge in [-0.15, -0.1) is 0 Å². The summed E-state index contributed by atoms with van der Waals surface area (Å²) in [6.07, 6.45) is 2.53. The van der Waals surface area contributed by atoms with E-state index in [0.29, 0.717) is 6.04 Å². The standard InChI is InChI=1S/C15H18N2OS/c1-18-15-7-12(16)6-14(8-15)17(13-2-3-13)9-11-4-5-19-10-11/h4-8,10,13H,2-3,9,16H2,1H3. The molecule has 0 aliphatic heterocycles. The third-order valence-electron chi connectivity index (χ3n) is 3.40. The zero-order valence-electron chi connectivity index (χ0n) is 11.0. The summed E-state index contributed by atoms with van der Waals surface area (Å²) in [5, 5.41) is 4.33. The number of benzene rings is 1. The van der Waals surface area contributed by atoms with Gasteiger partial charge >= 0.3 is 0 Å². The van der Waals surface area contributed by atoms with Crippen molar-refractivity contribution in [3.8, 4) is 5.75 Å². The van der Waals surface area contributed by atoms with Crippen molar-refractivity contribution in [1.82, 2.24) is 0 Å². The van der Waals surface area contributed by atoms with Gasteiger partial charge in [-0.05, 0) is 41.3 Å². The Kier molecular flexibility index (Phi) is 3.34. The molecule has 0 unspecified atom stereocenters. The van der Waals surface area contributed by atoms with Crippen molar-refractivity contribution in [2.24, 2.45) is 0 Å². The van der Waals surface area contributed by atoms with Gasteiger partial charge < -0.3 is 15.4 Å². The molecule has 1 aromatic carbocycles. The summed E-state index contributed by atoms with van der Waals surface area (Å²) in [7, 11) is 1.68. The van der Waals surface area contributed by atoms with Crippen molar-refractivity contribution in [2.45, 2.75) is 25.4 Å². The van der Waals surface area contributed by atoms with Crippen LogP contribution in [0.1, 0.15) is 18.4 Å². The molecule has 0 bridgehead atoms. The molecule has 1 fully saturated rings. The number of methoxy groups -OCH3 is 1. The summed E-state index contributed by atoms with van der Waals surface area (Å²) < 4.78 is 5.32. The van der Waals surface area contributed by atoms with Gasteiger partial charge in [-0.1, -0.05) is 0 Å². The maximum absolute atomic E-state index is 5.96. The Morgan fingerprint density at radius 2 is 2.21 bits per heavy atom. The van der Waals surface area contributed by atoms with Crippen molar-refractivity contribution in [3.05, 3.63) is 40.6 Å². The van der Waals surface area contributed by atoms with Gasteiger partial charge in [-0.2, -0.15) is 11.3 Å². The lowest BCUT2D eigenvalue weighted by atomic mass is 10.2. The quantitative estimate of drug-likeness (QED) is 0.848. The van der Waals surface area contributed by atoms with E-state index in [1.54, 1.807) is 18.4 Å². The number of anilines is 2. The summed E-state index contributed by atoms with van der Waals surface area (Å²) in [6.45, 7) is 0.945. The smallest absolute Gasteiger partial charge is 0.122 e.